The van der Waals surface area contributed by atoms with E-state index in [9.17, 15) is 0 Å². The number of nitrogens with zero attached hydrogens (tertiary/aromatic N) is 3. The standard InChI is InChI=1S/C64H58BN3O/c1-62(2,3)42-29-33-46(34-30-42)67-54-35-31-43(63(4,5)6)37-51(54)65-52-38-44(64(7,8)9)32-36-55(52)68(53-26-17-20-41-19-13-14-23-48(41)53)58-40-47(39-57(67)60(58)65)66(45-21-11-10-12-22-45)56-27-18-25-50-49-24-15-16-28-59(49)69-61(50)56/h10-40H,1-9H3. The molecule has 12 rings (SSSR count). The van der Waals surface area contributed by atoms with Crippen molar-refractivity contribution in [3.8, 4) is 0 Å². The molecule has 2 aliphatic heterocycles. The summed E-state index contributed by atoms with van der Waals surface area (Å²) in [6, 6.07) is 70.2. The average molecular weight is 896 g/mol. The van der Waals surface area contributed by atoms with Crippen LogP contribution in [0.15, 0.2) is 192 Å². The molecule has 69 heavy (non-hydrogen) atoms. The maximum Gasteiger partial charge on any atom is 0.252 e. The first-order valence-corrected chi connectivity index (χ1v) is 24.5. The number of furan rings is 1. The highest BCUT2D eigenvalue weighted by molar-refractivity contribution is 7.00. The van der Waals surface area contributed by atoms with Crippen molar-refractivity contribution in [1.29, 1.82) is 0 Å². The Hall–Kier alpha value is -7.50. The monoisotopic (exact) mass is 895 g/mol. The van der Waals surface area contributed by atoms with Gasteiger partial charge in [-0.2, -0.15) is 0 Å². The van der Waals surface area contributed by atoms with Gasteiger partial charge in [-0.3, -0.25) is 0 Å². The van der Waals surface area contributed by atoms with Crippen LogP contribution < -0.4 is 31.1 Å². The lowest BCUT2D eigenvalue weighted by Crippen LogP contribution is -2.61. The lowest BCUT2D eigenvalue weighted by Gasteiger charge is -2.46. The Bertz CT molecular complexity index is 3640. The predicted molar refractivity (Wildman–Crippen MR) is 296 cm³/mol. The van der Waals surface area contributed by atoms with Crippen molar-refractivity contribution in [3.63, 3.8) is 0 Å². The Morgan fingerprint density at radius 2 is 0.942 bits per heavy atom. The summed E-state index contributed by atoms with van der Waals surface area (Å²) in [6.45, 7) is 20.8. The van der Waals surface area contributed by atoms with Crippen LogP contribution in [0, 0.1) is 0 Å². The number of benzene rings is 9. The van der Waals surface area contributed by atoms with Gasteiger partial charge in [-0.25, -0.2) is 0 Å². The van der Waals surface area contributed by atoms with E-state index in [1.54, 1.807) is 0 Å². The highest BCUT2D eigenvalue weighted by Gasteiger charge is 2.45. The quantitative estimate of drug-likeness (QED) is 0.161. The highest BCUT2D eigenvalue weighted by atomic mass is 16.3. The van der Waals surface area contributed by atoms with E-state index in [1.165, 1.54) is 55.2 Å². The molecule has 0 amide bonds. The van der Waals surface area contributed by atoms with Gasteiger partial charge in [0, 0.05) is 50.3 Å². The lowest BCUT2D eigenvalue weighted by molar-refractivity contribution is 0.590. The molecule has 0 saturated carbocycles. The average Bonchev–Trinajstić information content (AvgIpc) is 3.73. The molecule has 1 aromatic heterocycles. The summed E-state index contributed by atoms with van der Waals surface area (Å²) < 4.78 is 6.88. The zero-order chi connectivity index (χ0) is 47.6. The fraction of sp³-hybridized carbons (Fsp3) is 0.188. The summed E-state index contributed by atoms with van der Waals surface area (Å²) in [5.74, 6) is 0. The van der Waals surface area contributed by atoms with E-state index in [-0.39, 0.29) is 23.0 Å². The maximum atomic E-state index is 6.88. The summed E-state index contributed by atoms with van der Waals surface area (Å²) in [4.78, 5) is 7.54. The van der Waals surface area contributed by atoms with Crippen molar-refractivity contribution in [2.75, 3.05) is 14.7 Å². The van der Waals surface area contributed by atoms with Gasteiger partial charge in [0.2, 0.25) is 0 Å². The second-order valence-corrected chi connectivity index (χ2v) is 22.3. The number of hydrogen-bond donors (Lipinski definition) is 0. The second-order valence-electron chi connectivity index (χ2n) is 22.3. The van der Waals surface area contributed by atoms with Crippen molar-refractivity contribution in [1.82, 2.24) is 0 Å². The molecule has 3 heterocycles. The summed E-state index contributed by atoms with van der Waals surface area (Å²) in [5, 5.41) is 4.61. The van der Waals surface area contributed by atoms with E-state index >= 15 is 0 Å². The topological polar surface area (TPSA) is 22.9 Å². The molecule has 338 valence electrons. The minimum atomic E-state index is -0.0638. The summed E-state index contributed by atoms with van der Waals surface area (Å²) in [7, 11) is 0. The van der Waals surface area contributed by atoms with Crippen LogP contribution in [0.2, 0.25) is 0 Å². The van der Waals surface area contributed by atoms with Gasteiger partial charge in [0.15, 0.2) is 5.58 Å². The fourth-order valence-electron chi connectivity index (χ4n) is 11.0. The SMILES string of the molecule is CC(C)(C)c1ccc(N2c3ccc(C(C)(C)C)cc3B3c4cc(C(C)(C)C)ccc4N(c4cccc5ccccc45)c4cc(N(c5ccccc5)c5cccc6c5oc5ccccc56)cc2c43)cc1. The van der Waals surface area contributed by atoms with Gasteiger partial charge in [0.05, 0.1) is 17.1 Å². The molecule has 2 aliphatic rings. The van der Waals surface area contributed by atoms with Gasteiger partial charge in [-0.15, -0.1) is 0 Å². The number of para-hydroxylation sites is 3. The van der Waals surface area contributed by atoms with Gasteiger partial charge in [-0.05, 0) is 121 Å². The van der Waals surface area contributed by atoms with E-state index < -0.39 is 0 Å². The van der Waals surface area contributed by atoms with Crippen LogP contribution in [0.3, 0.4) is 0 Å². The van der Waals surface area contributed by atoms with Crippen LogP contribution in [-0.4, -0.2) is 6.71 Å². The Balaban J connectivity index is 1.24. The number of hydrogen-bond acceptors (Lipinski definition) is 4. The largest absolute Gasteiger partial charge is 0.454 e. The number of anilines is 9. The molecule has 4 nitrogen and oxygen atoms in total. The Morgan fingerprint density at radius 3 is 1.61 bits per heavy atom. The number of fused-ring (bicyclic) bond motifs is 8. The van der Waals surface area contributed by atoms with E-state index in [2.05, 4.69) is 265 Å². The van der Waals surface area contributed by atoms with Crippen LogP contribution in [0.25, 0.3) is 32.7 Å². The van der Waals surface area contributed by atoms with Gasteiger partial charge in [-0.1, -0.05) is 184 Å². The Morgan fingerprint density at radius 1 is 0.406 bits per heavy atom. The summed E-state index contributed by atoms with van der Waals surface area (Å²) in [6.07, 6.45) is 0. The van der Waals surface area contributed by atoms with Crippen LogP contribution in [0.4, 0.5) is 51.2 Å². The minimum absolute atomic E-state index is 0.00537. The number of rotatable bonds is 5. The smallest absolute Gasteiger partial charge is 0.252 e. The Labute approximate surface area is 407 Å². The Kier molecular flexibility index (Phi) is 9.63. The lowest BCUT2D eigenvalue weighted by atomic mass is 9.33. The van der Waals surface area contributed by atoms with E-state index in [1.807, 2.05) is 0 Å². The molecule has 0 N–H and O–H groups in total. The molecule has 0 fully saturated rings. The third-order valence-corrected chi connectivity index (χ3v) is 14.7. The van der Waals surface area contributed by atoms with E-state index in [0.717, 1.165) is 61.8 Å². The predicted octanol–water partition coefficient (Wildman–Crippen LogP) is 16.2. The van der Waals surface area contributed by atoms with Gasteiger partial charge >= 0.3 is 0 Å². The summed E-state index contributed by atoms with van der Waals surface area (Å²) >= 11 is 0. The molecular weight excluding hydrogens is 838 g/mol. The molecular formula is C64H58BN3O. The zero-order valence-electron chi connectivity index (χ0n) is 41.2. The van der Waals surface area contributed by atoms with Crippen molar-refractivity contribution < 1.29 is 4.42 Å². The molecule has 9 aromatic carbocycles. The van der Waals surface area contributed by atoms with Crippen molar-refractivity contribution in [3.05, 3.63) is 205 Å². The maximum absolute atomic E-state index is 6.88. The fourth-order valence-corrected chi connectivity index (χ4v) is 11.0. The first-order chi connectivity index (χ1) is 33.1. The third-order valence-electron chi connectivity index (χ3n) is 14.7. The van der Waals surface area contributed by atoms with Crippen molar-refractivity contribution in [2.45, 2.75) is 78.6 Å². The molecule has 0 aliphatic carbocycles. The van der Waals surface area contributed by atoms with Crippen LogP contribution >= 0.6 is 0 Å². The van der Waals surface area contributed by atoms with E-state index in [0.29, 0.717) is 0 Å². The highest BCUT2D eigenvalue weighted by Crippen LogP contribution is 2.51. The van der Waals surface area contributed by atoms with Gasteiger partial charge in [0.1, 0.15) is 5.58 Å². The van der Waals surface area contributed by atoms with Gasteiger partial charge in [0.25, 0.3) is 6.71 Å². The van der Waals surface area contributed by atoms with Crippen LogP contribution in [0.5, 0.6) is 0 Å². The molecule has 0 spiro atoms. The molecule has 5 heteroatoms. The van der Waals surface area contributed by atoms with Gasteiger partial charge < -0.3 is 19.1 Å². The van der Waals surface area contributed by atoms with Crippen molar-refractivity contribution >= 4 is 107 Å². The second kappa shape index (κ2) is 15.5. The normalized spacial score (nSPS) is 13.5. The van der Waals surface area contributed by atoms with E-state index in [4.69, 9.17) is 4.42 Å². The summed E-state index contributed by atoms with van der Waals surface area (Å²) in [5.41, 5.74) is 19.5. The third kappa shape index (κ3) is 6.96. The molecule has 0 bridgehead atoms. The molecule has 0 saturated heterocycles. The zero-order valence-corrected chi connectivity index (χ0v) is 41.2. The first kappa shape index (κ1) is 42.8. The van der Waals surface area contributed by atoms with Crippen LogP contribution in [-0.2, 0) is 16.2 Å². The molecule has 0 atom stereocenters. The first-order valence-electron chi connectivity index (χ1n) is 24.5. The van der Waals surface area contributed by atoms with Crippen LogP contribution in [0.1, 0.15) is 79.0 Å². The van der Waals surface area contributed by atoms with Crippen molar-refractivity contribution in [2.24, 2.45) is 0 Å². The molecule has 0 radical (unpaired) electrons. The molecule has 10 aromatic rings. The molecule has 0 unspecified atom stereocenters. The minimum Gasteiger partial charge on any atom is -0.454 e.